The molecule has 0 unspecified atom stereocenters. The maximum absolute atomic E-state index is 11.4. The standard InChI is InChI=1S/C19H16ClNO/c20-17-11-9-16(10-12-17)19(22,18-8-4-5-13-21-18)14-15-6-2-1-3-7-15/h1-13,22H,14H2/t19-/m1/s1. The topological polar surface area (TPSA) is 33.1 Å². The molecule has 0 aliphatic heterocycles. The summed E-state index contributed by atoms with van der Waals surface area (Å²) in [6.07, 6.45) is 2.15. The van der Waals surface area contributed by atoms with Crippen LogP contribution in [0.15, 0.2) is 79.0 Å². The number of nitrogens with zero attached hydrogens (tertiary/aromatic N) is 1. The van der Waals surface area contributed by atoms with E-state index in [0.717, 1.165) is 11.1 Å². The number of rotatable bonds is 4. The van der Waals surface area contributed by atoms with Gasteiger partial charge in [-0.2, -0.15) is 0 Å². The van der Waals surface area contributed by atoms with Gasteiger partial charge in [0.05, 0.1) is 5.69 Å². The summed E-state index contributed by atoms with van der Waals surface area (Å²) in [5.74, 6) is 0. The van der Waals surface area contributed by atoms with E-state index in [9.17, 15) is 5.11 Å². The van der Waals surface area contributed by atoms with E-state index in [1.165, 1.54) is 0 Å². The Morgan fingerprint density at radius 3 is 2.18 bits per heavy atom. The molecule has 0 aliphatic rings. The van der Waals surface area contributed by atoms with Gasteiger partial charge < -0.3 is 5.11 Å². The Kier molecular flexibility index (Phi) is 4.23. The first-order valence-corrected chi connectivity index (χ1v) is 7.50. The van der Waals surface area contributed by atoms with Crippen LogP contribution < -0.4 is 0 Å². The van der Waals surface area contributed by atoms with Gasteiger partial charge in [-0.05, 0) is 35.4 Å². The lowest BCUT2D eigenvalue weighted by Gasteiger charge is -2.28. The second-order valence-electron chi connectivity index (χ2n) is 5.24. The zero-order chi connectivity index (χ0) is 15.4. The molecule has 2 aromatic carbocycles. The molecular weight excluding hydrogens is 294 g/mol. The summed E-state index contributed by atoms with van der Waals surface area (Å²) in [6.45, 7) is 0. The van der Waals surface area contributed by atoms with Crippen LogP contribution in [0.5, 0.6) is 0 Å². The van der Waals surface area contributed by atoms with Crippen molar-refractivity contribution in [2.24, 2.45) is 0 Å². The van der Waals surface area contributed by atoms with E-state index in [1.54, 1.807) is 18.3 Å². The molecule has 3 heteroatoms. The second-order valence-corrected chi connectivity index (χ2v) is 5.68. The number of hydrogen-bond donors (Lipinski definition) is 1. The first-order chi connectivity index (χ1) is 10.7. The Bertz CT molecular complexity index is 728. The molecular formula is C19H16ClNO. The Hall–Kier alpha value is -2.16. The van der Waals surface area contributed by atoms with Crippen LogP contribution in [-0.4, -0.2) is 10.1 Å². The fraction of sp³-hybridized carbons (Fsp3) is 0.105. The smallest absolute Gasteiger partial charge is 0.135 e. The van der Waals surface area contributed by atoms with Gasteiger partial charge in [0.15, 0.2) is 0 Å². The first kappa shape index (κ1) is 14.8. The number of aliphatic hydroxyl groups is 1. The summed E-state index contributed by atoms with van der Waals surface area (Å²) in [7, 11) is 0. The van der Waals surface area contributed by atoms with E-state index in [4.69, 9.17) is 11.6 Å². The molecule has 0 saturated carbocycles. The maximum Gasteiger partial charge on any atom is 0.135 e. The summed E-state index contributed by atoms with van der Waals surface area (Å²) in [4.78, 5) is 4.36. The van der Waals surface area contributed by atoms with Crippen LogP contribution in [0.1, 0.15) is 16.8 Å². The zero-order valence-corrected chi connectivity index (χ0v) is 12.7. The minimum Gasteiger partial charge on any atom is -0.378 e. The van der Waals surface area contributed by atoms with Gasteiger partial charge in [-0.25, -0.2) is 0 Å². The predicted molar refractivity (Wildman–Crippen MR) is 88.8 cm³/mol. The summed E-state index contributed by atoms with van der Waals surface area (Å²) in [5.41, 5.74) is 1.26. The molecule has 0 amide bonds. The lowest BCUT2D eigenvalue weighted by Crippen LogP contribution is -2.31. The Morgan fingerprint density at radius 2 is 1.55 bits per heavy atom. The van der Waals surface area contributed by atoms with E-state index in [-0.39, 0.29) is 0 Å². The first-order valence-electron chi connectivity index (χ1n) is 7.12. The monoisotopic (exact) mass is 309 g/mol. The number of hydrogen-bond acceptors (Lipinski definition) is 2. The van der Waals surface area contributed by atoms with Crippen molar-refractivity contribution in [1.82, 2.24) is 4.98 Å². The van der Waals surface area contributed by atoms with Gasteiger partial charge in [-0.3, -0.25) is 4.98 Å². The van der Waals surface area contributed by atoms with Crippen molar-refractivity contribution in [3.63, 3.8) is 0 Å². The fourth-order valence-corrected chi connectivity index (χ4v) is 2.69. The third-order valence-electron chi connectivity index (χ3n) is 3.71. The van der Waals surface area contributed by atoms with Crippen molar-refractivity contribution < 1.29 is 5.11 Å². The van der Waals surface area contributed by atoms with E-state index >= 15 is 0 Å². The van der Waals surface area contributed by atoms with Gasteiger partial charge in [0, 0.05) is 17.6 Å². The van der Waals surface area contributed by atoms with Crippen LogP contribution in [0.25, 0.3) is 0 Å². The molecule has 3 aromatic rings. The molecule has 1 aromatic heterocycles. The summed E-state index contributed by atoms with van der Waals surface area (Å²) < 4.78 is 0. The Balaban J connectivity index is 2.07. The van der Waals surface area contributed by atoms with E-state index < -0.39 is 5.60 Å². The number of pyridine rings is 1. The zero-order valence-electron chi connectivity index (χ0n) is 12.0. The lowest BCUT2D eigenvalue weighted by molar-refractivity contribution is 0.0765. The molecule has 1 heterocycles. The molecule has 22 heavy (non-hydrogen) atoms. The van der Waals surface area contributed by atoms with Crippen LogP contribution in [0.4, 0.5) is 0 Å². The molecule has 0 aliphatic carbocycles. The van der Waals surface area contributed by atoms with Crippen molar-refractivity contribution in [3.8, 4) is 0 Å². The third-order valence-corrected chi connectivity index (χ3v) is 3.97. The quantitative estimate of drug-likeness (QED) is 0.783. The van der Waals surface area contributed by atoms with E-state index in [2.05, 4.69) is 4.98 Å². The van der Waals surface area contributed by atoms with Crippen LogP contribution in [0, 0.1) is 0 Å². The maximum atomic E-state index is 11.4. The highest BCUT2D eigenvalue weighted by Gasteiger charge is 2.33. The number of aromatic nitrogens is 1. The van der Waals surface area contributed by atoms with E-state index in [1.807, 2.05) is 60.7 Å². The molecule has 1 atom stereocenters. The number of benzene rings is 2. The van der Waals surface area contributed by atoms with Crippen molar-refractivity contribution in [3.05, 3.63) is 101 Å². The third kappa shape index (κ3) is 3.03. The highest BCUT2D eigenvalue weighted by molar-refractivity contribution is 6.30. The van der Waals surface area contributed by atoms with Crippen LogP contribution in [0.2, 0.25) is 5.02 Å². The van der Waals surface area contributed by atoms with Crippen molar-refractivity contribution in [2.75, 3.05) is 0 Å². The molecule has 1 N–H and O–H groups in total. The van der Waals surface area contributed by atoms with Crippen LogP contribution >= 0.6 is 11.6 Å². The van der Waals surface area contributed by atoms with Crippen molar-refractivity contribution in [2.45, 2.75) is 12.0 Å². The van der Waals surface area contributed by atoms with Gasteiger partial charge in [-0.1, -0.05) is 60.1 Å². The predicted octanol–water partition coefficient (Wildman–Crippen LogP) is 4.21. The average Bonchev–Trinajstić information content (AvgIpc) is 2.57. The minimum absolute atomic E-state index is 0.451. The van der Waals surface area contributed by atoms with Gasteiger partial charge in [0.1, 0.15) is 5.60 Å². The van der Waals surface area contributed by atoms with E-state index in [0.29, 0.717) is 17.1 Å². The largest absolute Gasteiger partial charge is 0.378 e. The van der Waals surface area contributed by atoms with Crippen molar-refractivity contribution >= 4 is 11.6 Å². The Morgan fingerprint density at radius 1 is 0.864 bits per heavy atom. The molecule has 2 nitrogen and oxygen atoms in total. The normalized spacial score (nSPS) is 13.5. The van der Waals surface area contributed by atoms with Gasteiger partial charge in [0.2, 0.25) is 0 Å². The SMILES string of the molecule is O[C@](Cc1ccccc1)(c1ccc(Cl)cc1)c1ccccn1. The lowest BCUT2D eigenvalue weighted by atomic mass is 9.84. The highest BCUT2D eigenvalue weighted by Crippen LogP contribution is 2.32. The molecule has 0 fully saturated rings. The van der Waals surface area contributed by atoms with Gasteiger partial charge in [0.25, 0.3) is 0 Å². The second kappa shape index (κ2) is 6.30. The number of halogens is 1. The van der Waals surface area contributed by atoms with Crippen LogP contribution in [0.3, 0.4) is 0 Å². The summed E-state index contributed by atoms with van der Waals surface area (Å²) >= 11 is 5.97. The van der Waals surface area contributed by atoms with Crippen LogP contribution in [-0.2, 0) is 12.0 Å². The summed E-state index contributed by atoms with van der Waals surface area (Å²) in [5, 5.41) is 12.0. The average molecular weight is 310 g/mol. The van der Waals surface area contributed by atoms with Crippen molar-refractivity contribution in [1.29, 1.82) is 0 Å². The highest BCUT2D eigenvalue weighted by atomic mass is 35.5. The summed E-state index contributed by atoms with van der Waals surface area (Å²) in [6, 6.07) is 22.7. The fourth-order valence-electron chi connectivity index (χ4n) is 2.56. The molecule has 0 radical (unpaired) electrons. The molecule has 0 spiro atoms. The minimum atomic E-state index is -1.19. The van der Waals surface area contributed by atoms with Gasteiger partial charge in [-0.15, -0.1) is 0 Å². The molecule has 110 valence electrons. The molecule has 3 rings (SSSR count). The molecule has 0 bridgehead atoms. The molecule has 0 saturated heterocycles. The van der Waals surface area contributed by atoms with Gasteiger partial charge >= 0.3 is 0 Å². The Labute approximate surface area is 135 Å².